The Bertz CT molecular complexity index is 2070. The van der Waals surface area contributed by atoms with Gasteiger partial charge in [-0.1, -0.05) is 24.4 Å². The lowest BCUT2D eigenvalue weighted by atomic mass is 10.1. The number of carbonyl (C=O) groups excluding carboxylic acids is 3. The predicted octanol–water partition coefficient (Wildman–Crippen LogP) is 5.88. The average Bonchev–Trinajstić information content (AvgIpc) is 3.36. The predicted molar refractivity (Wildman–Crippen MR) is 215 cm³/mol. The highest BCUT2D eigenvalue weighted by atomic mass is 35.5. The Kier molecular flexibility index (Phi) is 13.6. The summed E-state index contributed by atoms with van der Waals surface area (Å²) in [6.07, 6.45) is 3.05. The summed E-state index contributed by atoms with van der Waals surface area (Å²) >= 11 is 6.68. The van der Waals surface area contributed by atoms with Crippen LogP contribution in [0, 0.1) is 5.92 Å². The number of nitrogens with one attached hydrogen (secondary N) is 1. The van der Waals surface area contributed by atoms with E-state index in [0.29, 0.717) is 23.9 Å². The number of amides is 3. The van der Waals surface area contributed by atoms with Gasteiger partial charge in [0.15, 0.2) is 17.7 Å². The molecule has 19 nitrogen and oxygen atoms in total. The zero-order chi connectivity index (χ0) is 43.1. The van der Waals surface area contributed by atoms with Gasteiger partial charge in [-0.05, 0) is 74.1 Å². The van der Waals surface area contributed by atoms with Crippen LogP contribution in [0.1, 0.15) is 93.2 Å². The monoisotopic (exact) mass is 890 g/mol. The largest absolute Gasteiger partial charge is 0.443 e. The van der Waals surface area contributed by atoms with E-state index in [1.807, 2.05) is 0 Å². The van der Waals surface area contributed by atoms with Crippen molar-refractivity contribution in [3.05, 3.63) is 17.4 Å². The smallest absolute Gasteiger partial charge is 0.415 e. The molecule has 330 valence electrons. The molecule has 0 radical (unpaired) electrons. The van der Waals surface area contributed by atoms with E-state index in [1.165, 1.54) is 11.8 Å². The van der Waals surface area contributed by atoms with Gasteiger partial charge in [-0.3, -0.25) is 23.8 Å². The molecular formula is C37H56ClN6O13PS. The van der Waals surface area contributed by atoms with Gasteiger partial charge < -0.3 is 37.5 Å². The number of nitrogens with zero attached hydrogens (tertiary/aromatic N) is 5. The lowest BCUT2D eigenvalue weighted by Gasteiger charge is -2.36. The number of fused-ring (bicyclic) bond motifs is 2. The van der Waals surface area contributed by atoms with E-state index >= 15 is 0 Å². The molecule has 22 heteroatoms. The second kappa shape index (κ2) is 17.5. The molecular weight excluding hydrogens is 835 g/mol. The second-order valence-corrected chi connectivity index (χ2v) is 21.1. The number of hydrogen-bond acceptors (Lipinski definition) is 15. The molecule has 1 N–H and O–H groups in total. The van der Waals surface area contributed by atoms with Gasteiger partial charge in [0.1, 0.15) is 39.0 Å². The van der Waals surface area contributed by atoms with Crippen molar-refractivity contribution in [2.45, 2.75) is 134 Å². The van der Waals surface area contributed by atoms with Crippen molar-refractivity contribution in [2.24, 2.45) is 10.3 Å². The first-order chi connectivity index (χ1) is 27.7. The number of rotatable bonds is 16. The fourth-order valence-corrected chi connectivity index (χ4v) is 10.9. The molecule has 4 fully saturated rings. The Morgan fingerprint density at radius 1 is 1.10 bits per heavy atom. The van der Waals surface area contributed by atoms with E-state index in [4.69, 9.17) is 49.1 Å². The quantitative estimate of drug-likeness (QED) is 0.154. The van der Waals surface area contributed by atoms with Gasteiger partial charge in [0, 0.05) is 31.4 Å². The number of anilines is 1. The molecule has 2 aliphatic carbocycles. The highest BCUT2D eigenvalue weighted by Gasteiger charge is 2.62. The third kappa shape index (κ3) is 9.82. The summed E-state index contributed by atoms with van der Waals surface area (Å²) in [5.41, 5.74) is -0.00506. The van der Waals surface area contributed by atoms with Crippen LogP contribution in [-0.4, -0.2) is 118 Å². The first kappa shape index (κ1) is 45.7. The third-order valence-electron chi connectivity index (χ3n) is 10.1. The van der Waals surface area contributed by atoms with Crippen LogP contribution in [0.25, 0.3) is 11.0 Å². The van der Waals surface area contributed by atoms with Gasteiger partial charge in [0.25, 0.3) is 5.34 Å². The molecule has 2 aromatic rings. The number of methoxy groups -OCH3 is 1. The number of hydrogen-bond donors (Lipinski definition) is 1. The Balaban J connectivity index is 1.37. The van der Waals surface area contributed by atoms with E-state index in [9.17, 15) is 23.2 Å². The molecule has 0 spiro atoms. The van der Waals surface area contributed by atoms with Crippen LogP contribution in [-0.2, 0) is 61.5 Å². The number of carbonyl (C=O) groups is 3. The van der Waals surface area contributed by atoms with Crippen LogP contribution in [0.3, 0.4) is 0 Å². The van der Waals surface area contributed by atoms with Crippen molar-refractivity contribution in [3.63, 3.8) is 0 Å². The standard InChI is InChI=1S/C37H56ClN6O13PS/c1-10-52-58(48,53-11-2)37(21-50-8,33(46)42-59(9,49)41-31(45)22-16-17-22)51-20-26-28-29(56-36(6,7)55-28)32(54-26)44-30-24(19-39-44)25(18-27(38)40-30)43(23-14-12-13-15-23)34(47)57-35(3,4)5/h18-19,22-23,26,28-29,32H,10-17,20-21H2,1-9H3,(H,41,42,45,46,49)/t26-,28-,29-,32-,37+,59?/m1/s1. The number of halogens is 1. The number of aromatic nitrogens is 3. The SMILES string of the molecule is CCOP(=O)(OCC)[C@](COC)(OC[C@H]1O[C@@H](n2ncc3c(N(C(=O)OC(C)(C)C)C4CCCC4)cc(Cl)nc32)[C@@H]2OC(C)(C)O[C@@H]21)C(=O)N=S(C)(=O)NC(=O)C1CC1. The maximum atomic E-state index is 14.7. The topological polar surface area (TPSA) is 218 Å². The number of pyridine rings is 1. The van der Waals surface area contributed by atoms with E-state index in [1.54, 1.807) is 65.6 Å². The third-order valence-corrected chi connectivity index (χ3v) is 13.9. The average molecular weight is 891 g/mol. The van der Waals surface area contributed by atoms with Crippen LogP contribution in [0.15, 0.2) is 16.6 Å². The molecule has 0 bridgehead atoms. The van der Waals surface area contributed by atoms with E-state index in [2.05, 4.69) is 19.2 Å². The molecule has 1 unspecified atom stereocenters. The molecule has 2 saturated carbocycles. The minimum Gasteiger partial charge on any atom is -0.443 e. The number of ether oxygens (including phenoxy) is 6. The van der Waals surface area contributed by atoms with Crippen LogP contribution >= 0.6 is 19.2 Å². The zero-order valence-electron chi connectivity index (χ0n) is 35.0. The Labute approximate surface area is 349 Å². The summed E-state index contributed by atoms with van der Waals surface area (Å²) in [4.78, 5) is 46.9. The van der Waals surface area contributed by atoms with Crippen LogP contribution in [0.5, 0.6) is 0 Å². The maximum absolute atomic E-state index is 14.7. The molecule has 4 aliphatic rings. The minimum atomic E-state index is -4.66. The fraction of sp³-hybridized carbons (Fsp3) is 0.757. The molecule has 2 aliphatic heterocycles. The second-order valence-electron chi connectivity index (χ2n) is 16.5. The summed E-state index contributed by atoms with van der Waals surface area (Å²) in [5.74, 6) is -3.28. The lowest BCUT2D eigenvalue weighted by molar-refractivity contribution is -0.207. The van der Waals surface area contributed by atoms with Crippen molar-refractivity contribution in [3.8, 4) is 0 Å². The first-order valence-corrected chi connectivity index (χ1v) is 23.7. The van der Waals surface area contributed by atoms with E-state index < -0.39 is 89.9 Å². The Morgan fingerprint density at radius 2 is 1.75 bits per heavy atom. The van der Waals surface area contributed by atoms with E-state index in [-0.39, 0.29) is 36.0 Å². The van der Waals surface area contributed by atoms with Crippen LogP contribution in [0.2, 0.25) is 5.15 Å². The molecule has 0 aromatic carbocycles. The first-order valence-electron chi connectivity index (χ1n) is 19.8. The van der Waals surface area contributed by atoms with Crippen molar-refractivity contribution >= 4 is 63.7 Å². The zero-order valence-corrected chi connectivity index (χ0v) is 37.4. The van der Waals surface area contributed by atoms with Crippen molar-refractivity contribution in [1.82, 2.24) is 19.5 Å². The summed E-state index contributed by atoms with van der Waals surface area (Å²) in [7, 11) is -7.13. The van der Waals surface area contributed by atoms with Gasteiger partial charge in [-0.25, -0.2) is 18.7 Å². The molecule has 6 atom stereocenters. The van der Waals surface area contributed by atoms with Gasteiger partial charge in [-0.15, -0.1) is 4.36 Å². The molecule has 4 heterocycles. The van der Waals surface area contributed by atoms with Gasteiger partial charge >= 0.3 is 19.6 Å². The van der Waals surface area contributed by atoms with Gasteiger partial charge in [-0.2, -0.15) is 5.10 Å². The highest BCUT2D eigenvalue weighted by molar-refractivity contribution is 7.91. The van der Waals surface area contributed by atoms with Crippen molar-refractivity contribution < 1.29 is 60.6 Å². The van der Waals surface area contributed by atoms with Crippen LogP contribution < -0.4 is 9.62 Å². The molecule has 59 heavy (non-hydrogen) atoms. The Morgan fingerprint density at radius 3 is 2.34 bits per heavy atom. The van der Waals surface area contributed by atoms with Crippen molar-refractivity contribution in [1.29, 1.82) is 0 Å². The normalized spacial score (nSPS) is 25.3. The van der Waals surface area contributed by atoms with Crippen LogP contribution in [0.4, 0.5) is 10.5 Å². The molecule has 3 amide bonds. The van der Waals surface area contributed by atoms with E-state index in [0.717, 1.165) is 31.9 Å². The lowest BCUT2D eigenvalue weighted by Crippen LogP contribution is -2.49. The molecule has 6 rings (SSSR count). The highest BCUT2D eigenvalue weighted by Crippen LogP contribution is 2.62. The van der Waals surface area contributed by atoms with Gasteiger partial charge in [0.05, 0.1) is 43.7 Å². The summed E-state index contributed by atoms with van der Waals surface area (Å²) < 4.78 is 84.0. The van der Waals surface area contributed by atoms with Gasteiger partial charge in [0.2, 0.25) is 5.91 Å². The van der Waals surface area contributed by atoms with Crippen molar-refractivity contribution in [2.75, 3.05) is 44.7 Å². The fourth-order valence-electron chi connectivity index (χ4n) is 7.57. The summed E-state index contributed by atoms with van der Waals surface area (Å²) in [5, 5.41) is 2.65. The maximum Gasteiger partial charge on any atom is 0.415 e. The molecule has 2 saturated heterocycles. The summed E-state index contributed by atoms with van der Waals surface area (Å²) in [6, 6.07) is 1.47. The summed E-state index contributed by atoms with van der Waals surface area (Å²) in [6.45, 7) is 10.4. The molecule has 2 aromatic heterocycles. The Hall–Kier alpha value is -2.78. The minimum absolute atomic E-state index is 0.0918.